The molecule has 0 radical (unpaired) electrons. The van der Waals surface area contributed by atoms with Crippen molar-refractivity contribution in [2.24, 2.45) is 0 Å². The Morgan fingerprint density at radius 2 is 1.88 bits per heavy atom. The van der Waals surface area contributed by atoms with Crippen LogP contribution in [0.5, 0.6) is 0 Å². The molecule has 1 aromatic rings. The number of nitrogens with zero attached hydrogens (tertiary/aromatic N) is 2. The number of anilines is 1. The summed E-state index contributed by atoms with van der Waals surface area (Å²) in [5, 5.41) is 3.08. The SMILES string of the molecule is CC(C)(C)OC(=O)N1CCN(CCCNc2ccc(SNC=O)cc2SC(F)(F)F)CC1. The second-order valence-corrected chi connectivity index (χ2v) is 10.2. The average molecular weight is 495 g/mol. The molecule has 32 heavy (non-hydrogen) atoms. The van der Waals surface area contributed by atoms with Gasteiger partial charge in [0.2, 0.25) is 6.41 Å². The van der Waals surface area contributed by atoms with E-state index in [0.717, 1.165) is 38.0 Å². The molecule has 0 saturated carbocycles. The number of hydrogen-bond acceptors (Lipinski definition) is 7. The number of amides is 2. The van der Waals surface area contributed by atoms with E-state index in [0.29, 0.717) is 36.6 Å². The Morgan fingerprint density at radius 3 is 2.47 bits per heavy atom. The van der Waals surface area contributed by atoms with Gasteiger partial charge in [0, 0.05) is 48.2 Å². The number of ether oxygens (including phenoxy) is 1. The summed E-state index contributed by atoms with van der Waals surface area (Å²) in [4.78, 5) is 27.0. The van der Waals surface area contributed by atoms with Gasteiger partial charge in [-0.05, 0) is 75.6 Å². The monoisotopic (exact) mass is 494 g/mol. The maximum atomic E-state index is 12.9. The number of carbonyl (C=O) groups excluding carboxylic acids is 2. The number of halogens is 3. The summed E-state index contributed by atoms with van der Waals surface area (Å²) >= 11 is 0.767. The van der Waals surface area contributed by atoms with Crippen molar-refractivity contribution in [3.05, 3.63) is 18.2 Å². The van der Waals surface area contributed by atoms with Gasteiger partial charge in [0.25, 0.3) is 0 Å². The predicted octanol–water partition coefficient (Wildman–Crippen LogP) is 4.41. The minimum Gasteiger partial charge on any atom is -0.444 e. The van der Waals surface area contributed by atoms with Crippen LogP contribution in [0.1, 0.15) is 27.2 Å². The maximum Gasteiger partial charge on any atom is 0.446 e. The molecular weight excluding hydrogens is 465 g/mol. The largest absolute Gasteiger partial charge is 0.446 e. The Labute approximate surface area is 194 Å². The van der Waals surface area contributed by atoms with Gasteiger partial charge in [0.05, 0.1) is 0 Å². The molecule has 0 bridgehead atoms. The first-order chi connectivity index (χ1) is 15.0. The fraction of sp³-hybridized carbons (Fsp3) is 0.600. The van der Waals surface area contributed by atoms with Crippen LogP contribution in [-0.4, -0.2) is 72.7 Å². The molecule has 0 unspecified atom stereocenters. The van der Waals surface area contributed by atoms with Crippen molar-refractivity contribution in [3.63, 3.8) is 0 Å². The van der Waals surface area contributed by atoms with Crippen LogP contribution in [0.4, 0.5) is 23.7 Å². The molecule has 1 aromatic carbocycles. The molecule has 12 heteroatoms. The van der Waals surface area contributed by atoms with Crippen LogP contribution in [0, 0.1) is 0 Å². The van der Waals surface area contributed by atoms with Crippen molar-refractivity contribution in [1.29, 1.82) is 0 Å². The summed E-state index contributed by atoms with van der Waals surface area (Å²) in [6.45, 7) is 9.41. The lowest BCUT2D eigenvalue weighted by atomic mass is 10.2. The highest BCUT2D eigenvalue weighted by Gasteiger charge is 2.31. The number of alkyl halides is 3. The summed E-state index contributed by atoms with van der Waals surface area (Å²) in [6, 6.07) is 4.64. The number of benzene rings is 1. The molecule has 0 atom stereocenters. The van der Waals surface area contributed by atoms with E-state index in [1.807, 2.05) is 20.8 Å². The number of thioether (sulfide) groups is 1. The van der Waals surface area contributed by atoms with Crippen molar-refractivity contribution in [2.45, 2.75) is 48.1 Å². The number of hydrogen-bond donors (Lipinski definition) is 2. The van der Waals surface area contributed by atoms with E-state index in [9.17, 15) is 22.8 Å². The zero-order valence-corrected chi connectivity index (χ0v) is 20.0. The highest BCUT2D eigenvalue weighted by atomic mass is 32.2. The van der Waals surface area contributed by atoms with E-state index in [4.69, 9.17) is 4.74 Å². The van der Waals surface area contributed by atoms with E-state index in [2.05, 4.69) is 14.9 Å². The molecule has 7 nitrogen and oxygen atoms in total. The molecule has 2 rings (SSSR count). The van der Waals surface area contributed by atoms with Crippen molar-refractivity contribution >= 4 is 41.9 Å². The van der Waals surface area contributed by atoms with Gasteiger partial charge in [-0.1, -0.05) is 0 Å². The Balaban J connectivity index is 1.80. The summed E-state index contributed by atoms with van der Waals surface area (Å²) in [5.74, 6) is 0. The Hall–Kier alpha value is -1.79. The van der Waals surface area contributed by atoms with Crippen molar-refractivity contribution < 1.29 is 27.5 Å². The number of nitrogens with one attached hydrogen (secondary N) is 2. The molecule has 1 fully saturated rings. The fourth-order valence-electron chi connectivity index (χ4n) is 3.02. The van der Waals surface area contributed by atoms with Gasteiger partial charge >= 0.3 is 11.6 Å². The molecule has 2 amide bonds. The molecule has 0 spiro atoms. The maximum absolute atomic E-state index is 12.9. The van der Waals surface area contributed by atoms with Gasteiger partial charge in [-0.3, -0.25) is 14.4 Å². The van der Waals surface area contributed by atoms with Crippen LogP contribution < -0.4 is 10.0 Å². The van der Waals surface area contributed by atoms with Gasteiger partial charge in [-0.25, -0.2) is 4.79 Å². The standard InChI is InChI=1S/C20H29F3N4O3S2/c1-19(2,3)30-18(29)27-11-9-26(10-12-27)8-4-7-24-16-6-5-15(32-25-14-28)13-17(16)31-20(21,22)23/h5-6,13-14,24H,4,7-12H2,1-3H3,(H,25,28). The molecule has 0 aromatic heterocycles. The number of carbonyl (C=O) groups is 2. The topological polar surface area (TPSA) is 73.9 Å². The van der Waals surface area contributed by atoms with E-state index in [1.54, 1.807) is 17.0 Å². The van der Waals surface area contributed by atoms with E-state index in [-0.39, 0.29) is 22.8 Å². The first-order valence-corrected chi connectivity index (χ1v) is 11.8. The lowest BCUT2D eigenvalue weighted by Crippen LogP contribution is -2.50. The van der Waals surface area contributed by atoms with Crippen molar-refractivity contribution in [3.8, 4) is 0 Å². The minimum absolute atomic E-state index is 0.0566. The molecule has 1 saturated heterocycles. The van der Waals surface area contributed by atoms with Gasteiger partial charge in [0.1, 0.15) is 5.60 Å². The zero-order valence-electron chi connectivity index (χ0n) is 18.3. The highest BCUT2D eigenvalue weighted by molar-refractivity contribution is 8.00. The summed E-state index contributed by atoms with van der Waals surface area (Å²) in [5.41, 5.74) is -4.53. The summed E-state index contributed by atoms with van der Waals surface area (Å²) in [6.07, 6.45) is 0.908. The zero-order chi connectivity index (χ0) is 23.8. The number of rotatable bonds is 9. The van der Waals surface area contributed by atoms with Crippen LogP contribution in [0.15, 0.2) is 28.0 Å². The first-order valence-electron chi connectivity index (χ1n) is 10.2. The third-order valence-corrected chi connectivity index (χ3v) is 5.89. The van der Waals surface area contributed by atoms with Gasteiger partial charge in [0.15, 0.2) is 0 Å². The van der Waals surface area contributed by atoms with Gasteiger partial charge in [-0.2, -0.15) is 13.2 Å². The Kier molecular flexibility index (Phi) is 9.83. The van der Waals surface area contributed by atoms with Crippen LogP contribution in [0.3, 0.4) is 0 Å². The third-order valence-electron chi connectivity index (χ3n) is 4.39. The fourth-order valence-corrected chi connectivity index (χ4v) is 4.28. The predicted molar refractivity (Wildman–Crippen MR) is 121 cm³/mol. The van der Waals surface area contributed by atoms with Crippen LogP contribution >= 0.6 is 23.7 Å². The van der Waals surface area contributed by atoms with Crippen LogP contribution in [0.25, 0.3) is 0 Å². The molecule has 2 N–H and O–H groups in total. The first kappa shape index (κ1) is 26.5. The lowest BCUT2D eigenvalue weighted by Gasteiger charge is -2.35. The smallest absolute Gasteiger partial charge is 0.444 e. The van der Waals surface area contributed by atoms with Gasteiger partial charge in [-0.15, -0.1) is 0 Å². The molecule has 0 aliphatic carbocycles. The molecule has 180 valence electrons. The Morgan fingerprint density at radius 1 is 1.19 bits per heavy atom. The normalized spacial score (nSPS) is 15.4. The third kappa shape index (κ3) is 9.78. The van der Waals surface area contributed by atoms with Gasteiger partial charge < -0.3 is 15.0 Å². The second kappa shape index (κ2) is 11.9. The summed E-state index contributed by atoms with van der Waals surface area (Å²) in [7, 11) is 0. The highest BCUT2D eigenvalue weighted by Crippen LogP contribution is 2.41. The van der Waals surface area contributed by atoms with E-state index >= 15 is 0 Å². The molecule has 1 aliphatic heterocycles. The second-order valence-electron chi connectivity index (χ2n) is 8.13. The van der Waals surface area contributed by atoms with E-state index < -0.39 is 11.1 Å². The summed E-state index contributed by atoms with van der Waals surface area (Å²) < 4.78 is 46.5. The van der Waals surface area contributed by atoms with Crippen LogP contribution in [0.2, 0.25) is 0 Å². The molecule has 1 aliphatic rings. The average Bonchev–Trinajstić information content (AvgIpc) is 2.68. The molecular formula is C20H29F3N4O3S2. The molecule has 1 heterocycles. The number of piperazine rings is 1. The lowest BCUT2D eigenvalue weighted by molar-refractivity contribution is -0.107. The van der Waals surface area contributed by atoms with Crippen molar-refractivity contribution in [1.82, 2.24) is 14.5 Å². The van der Waals surface area contributed by atoms with Crippen molar-refractivity contribution in [2.75, 3.05) is 44.6 Å². The van der Waals surface area contributed by atoms with E-state index in [1.165, 1.54) is 6.07 Å². The quantitative estimate of drug-likeness (QED) is 0.228. The minimum atomic E-state index is -4.41. The van der Waals surface area contributed by atoms with Crippen LogP contribution in [-0.2, 0) is 9.53 Å². The Bertz CT molecular complexity index is 767.